The molecule has 0 amide bonds. The van der Waals surface area contributed by atoms with Gasteiger partial charge in [-0.1, -0.05) is 6.92 Å². The van der Waals surface area contributed by atoms with E-state index >= 15 is 0 Å². The van der Waals surface area contributed by atoms with E-state index in [9.17, 15) is 0 Å². The van der Waals surface area contributed by atoms with Gasteiger partial charge in [-0.25, -0.2) is 4.98 Å². The number of methoxy groups -OCH3 is 1. The van der Waals surface area contributed by atoms with Crippen molar-refractivity contribution >= 4 is 11.3 Å². The Morgan fingerprint density at radius 1 is 1.39 bits per heavy atom. The molecule has 0 atom stereocenters. The number of ether oxygens (including phenoxy) is 1. The molecule has 100 valence electrons. The number of thiazole rings is 1. The minimum absolute atomic E-state index is 0.109. The summed E-state index contributed by atoms with van der Waals surface area (Å²) >= 11 is 1.94. The number of hydrogen-bond acceptors (Lipinski definition) is 4. The summed E-state index contributed by atoms with van der Waals surface area (Å²) in [5, 5.41) is 4.96. The van der Waals surface area contributed by atoms with E-state index in [4.69, 9.17) is 9.72 Å². The smallest absolute Gasteiger partial charge is 0.113 e. The molecule has 0 radical (unpaired) electrons. The van der Waals surface area contributed by atoms with Gasteiger partial charge in [0.1, 0.15) is 5.01 Å². The first kappa shape index (κ1) is 12.6. The maximum absolute atomic E-state index is 5.45. The fraction of sp³-hybridized carbons (Fsp3) is 0.786. The zero-order valence-corrected chi connectivity index (χ0v) is 12.1. The highest BCUT2D eigenvalue weighted by Gasteiger charge is 2.47. The highest BCUT2D eigenvalue weighted by atomic mass is 32.1. The Bertz CT molecular complexity index is 400. The minimum atomic E-state index is 0.109. The van der Waals surface area contributed by atoms with E-state index in [1.165, 1.54) is 41.3 Å². The van der Waals surface area contributed by atoms with E-state index < -0.39 is 0 Å². The molecule has 2 aliphatic carbocycles. The fourth-order valence-corrected chi connectivity index (χ4v) is 4.51. The van der Waals surface area contributed by atoms with Gasteiger partial charge in [0.2, 0.25) is 0 Å². The number of hydrogen-bond donors (Lipinski definition) is 1. The zero-order valence-electron chi connectivity index (χ0n) is 11.3. The summed E-state index contributed by atoms with van der Waals surface area (Å²) in [5.41, 5.74) is 1.48. The highest BCUT2D eigenvalue weighted by Crippen LogP contribution is 2.45. The maximum atomic E-state index is 5.45. The molecule has 0 aromatic carbocycles. The van der Waals surface area contributed by atoms with Crippen LogP contribution in [0.15, 0.2) is 0 Å². The third kappa shape index (κ3) is 2.00. The van der Waals surface area contributed by atoms with Crippen molar-refractivity contribution in [2.75, 3.05) is 13.7 Å². The molecule has 0 aliphatic heterocycles. The van der Waals surface area contributed by atoms with Crippen LogP contribution in [0.4, 0.5) is 0 Å². The first-order valence-corrected chi connectivity index (χ1v) is 7.86. The number of nitrogens with zero attached hydrogens (tertiary/aromatic N) is 1. The summed E-state index contributed by atoms with van der Waals surface area (Å²) < 4.78 is 5.45. The van der Waals surface area contributed by atoms with Crippen molar-refractivity contribution in [2.24, 2.45) is 0 Å². The summed E-state index contributed by atoms with van der Waals surface area (Å²) in [5.74, 6) is 0. The Balaban J connectivity index is 1.84. The summed E-state index contributed by atoms with van der Waals surface area (Å²) in [6.45, 7) is 3.18. The van der Waals surface area contributed by atoms with Gasteiger partial charge < -0.3 is 10.1 Å². The molecule has 18 heavy (non-hydrogen) atoms. The van der Waals surface area contributed by atoms with Crippen molar-refractivity contribution in [3.63, 3.8) is 0 Å². The van der Waals surface area contributed by atoms with Gasteiger partial charge in [0, 0.05) is 12.0 Å². The normalized spacial score (nSPS) is 30.9. The Kier molecular flexibility index (Phi) is 3.43. The van der Waals surface area contributed by atoms with Gasteiger partial charge in [0.15, 0.2) is 0 Å². The first-order chi connectivity index (χ1) is 8.77. The highest BCUT2D eigenvalue weighted by molar-refractivity contribution is 7.11. The van der Waals surface area contributed by atoms with Crippen molar-refractivity contribution < 1.29 is 4.74 Å². The average molecular weight is 266 g/mol. The van der Waals surface area contributed by atoms with Crippen LogP contribution in [0, 0.1) is 0 Å². The van der Waals surface area contributed by atoms with Gasteiger partial charge in [-0.3, -0.25) is 0 Å². The van der Waals surface area contributed by atoms with Crippen LogP contribution in [0.2, 0.25) is 0 Å². The second-order valence-electron chi connectivity index (χ2n) is 5.47. The number of aryl methyl sites for hydroxylation is 2. The predicted molar refractivity (Wildman–Crippen MR) is 74.1 cm³/mol. The van der Waals surface area contributed by atoms with E-state index in [-0.39, 0.29) is 5.54 Å². The molecule has 4 heteroatoms. The summed E-state index contributed by atoms with van der Waals surface area (Å²) in [6.07, 6.45) is 7.62. The Labute approximate surface area is 113 Å². The van der Waals surface area contributed by atoms with E-state index in [1.807, 2.05) is 18.4 Å². The van der Waals surface area contributed by atoms with Gasteiger partial charge in [0.25, 0.3) is 0 Å². The SMILES string of the molecule is CCNC1(c2nc3c(s2)CCCC3)CC(OC)C1. The summed E-state index contributed by atoms with van der Waals surface area (Å²) in [6, 6.07) is 0. The molecule has 3 rings (SSSR count). The van der Waals surface area contributed by atoms with Crippen molar-refractivity contribution in [3.8, 4) is 0 Å². The molecule has 3 nitrogen and oxygen atoms in total. The minimum Gasteiger partial charge on any atom is -0.381 e. The van der Waals surface area contributed by atoms with Gasteiger partial charge in [0.05, 0.1) is 17.3 Å². The van der Waals surface area contributed by atoms with Gasteiger partial charge in [-0.15, -0.1) is 11.3 Å². The van der Waals surface area contributed by atoms with Gasteiger partial charge in [-0.05, 0) is 45.1 Å². The molecule has 1 aromatic rings. The van der Waals surface area contributed by atoms with Crippen molar-refractivity contribution in [1.82, 2.24) is 10.3 Å². The van der Waals surface area contributed by atoms with E-state index in [1.54, 1.807) is 0 Å². The Morgan fingerprint density at radius 3 is 2.83 bits per heavy atom. The first-order valence-electron chi connectivity index (χ1n) is 7.04. The van der Waals surface area contributed by atoms with Gasteiger partial charge in [-0.2, -0.15) is 0 Å². The molecule has 2 aliphatic rings. The average Bonchev–Trinajstić information content (AvgIpc) is 2.77. The molecular formula is C14H22N2OS. The maximum Gasteiger partial charge on any atom is 0.113 e. The Hall–Kier alpha value is -0.450. The van der Waals surface area contributed by atoms with Crippen LogP contribution in [-0.2, 0) is 23.1 Å². The van der Waals surface area contributed by atoms with Crippen LogP contribution in [0.1, 0.15) is 48.2 Å². The molecule has 0 bridgehead atoms. The van der Waals surface area contributed by atoms with Crippen LogP contribution >= 0.6 is 11.3 Å². The largest absolute Gasteiger partial charge is 0.381 e. The van der Waals surface area contributed by atoms with Crippen molar-refractivity contribution in [2.45, 2.75) is 57.1 Å². The van der Waals surface area contributed by atoms with Crippen molar-refractivity contribution in [1.29, 1.82) is 0 Å². The molecule has 1 heterocycles. The van der Waals surface area contributed by atoms with Crippen LogP contribution < -0.4 is 5.32 Å². The second-order valence-corrected chi connectivity index (χ2v) is 6.56. The molecule has 0 unspecified atom stereocenters. The Morgan fingerprint density at radius 2 is 2.17 bits per heavy atom. The lowest BCUT2D eigenvalue weighted by Crippen LogP contribution is -2.55. The van der Waals surface area contributed by atoms with E-state index in [2.05, 4.69) is 12.2 Å². The molecule has 1 fully saturated rings. The monoisotopic (exact) mass is 266 g/mol. The van der Waals surface area contributed by atoms with Crippen LogP contribution in [0.25, 0.3) is 0 Å². The number of rotatable bonds is 4. The van der Waals surface area contributed by atoms with Crippen LogP contribution in [0.5, 0.6) is 0 Å². The van der Waals surface area contributed by atoms with Crippen molar-refractivity contribution in [3.05, 3.63) is 15.6 Å². The van der Waals surface area contributed by atoms with Crippen LogP contribution in [-0.4, -0.2) is 24.7 Å². The topological polar surface area (TPSA) is 34.2 Å². The fourth-order valence-electron chi connectivity index (χ4n) is 3.17. The van der Waals surface area contributed by atoms with Gasteiger partial charge >= 0.3 is 0 Å². The number of aromatic nitrogens is 1. The molecular weight excluding hydrogens is 244 g/mol. The molecule has 0 spiro atoms. The lowest BCUT2D eigenvalue weighted by molar-refractivity contribution is -0.0325. The molecule has 0 saturated heterocycles. The standard InChI is InChI=1S/C14H22N2OS/c1-3-15-14(8-10(9-14)17-2)13-16-11-6-4-5-7-12(11)18-13/h10,15H,3-9H2,1-2H3. The zero-order chi connectivity index (χ0) is 12.6. The predicted octanol–water partition coefficient (Wildman–Crippen LogP) is 2.64. The third-order valence-corrected chi connectivity index (χ3v) is 5.62. The van der Waals surface area contributed by atoms with E-state index in [0.29, 0.717) is 6.10 Å². The number of nitrogens with one attached hydrogen (secondary N) is 1. The second kappa shape index (κ2) is 4.91. The summed E-state index contributed by atoms with van der Waals surface area (Å²) in [7, 11) is 1.81. The lowest BCUT2D eigenvalue weighted by Gasteiger charge is -2.46. The molecule has 1 N–H and O–H groups in total. The molecule has 1 saturated carbocycles. The molecule has 1 aromatic heterocycles. The third-order valence-electron chi connectivity index (χ3n) is 4.26. The number of fused-ring (bicyclic) bond motifs is 1. The quantitative estimate of drug-likeness (QED) is 0.909. The lowest BCUT2D eigenvalue weighted by atomic mass is 9.74. The van der Waals surface area contributed by atoms with E-state index in [0.717, 1.165) is 19.4 Å². The summed E-state index contributed by atoms with van der Waals surface area (Å²) in [4.78, 5) is 6.47. The van der Waals surface area contributed by atoms with Crippen LogP contribution in [0.3, 0.4) is 0 Å².